The first-order valence-corrected chi connectivity index (χ1v) is 13.0. The molecule has 4 rings (SSSR count). The highest BCUT2D eigenvalue weighted by atomic mass is 32.2. The molecule has 0 bridgehead atoms. The zero-order chi connectivity index (χ0) is 24.4. The molecule has 2 heterocycles. The van der Waals surface area contributed by atoms with E-state index in [4.69, 9.17) is 19.5 Å². The number of aliphatic hydroxyl groups is 1. The number of hydrogen-bond donors (Lipinski definition) is 2. The Labute approximate surface area is 200 Å². The van der Waals surface area contributed by atoms with E-state index in [1.54, 1.807) is 0 Å². The number of benzene rings is 2. The van der Waals surface area contributed by atoms with Crippen LogP contribution in [0.15, 0.2) is 66.9 Å². The molecular formula is C24H32N4O5S. The molecule has 34 heavy (non-hydrogen) atoms. The predicted octanol–water partition coefficient (Wildman–Crippen LogP) is 2.03. The van der Waals surface area contributed by atoms with Gasteiger partial charge in [-0.05, 0) is 17.7 Å². The average Bonchev–Trinajstić information content (AvgIpc) is 3.25. The lowest BCUT2D eigenvalue weighted by Crippen LogP contribution is -2.48. The van der Waals surface area contributed by atoms with Gasteiger partial charge < -0.3 is 9.84 Å². The van der Waals surface area contributed by atoms with Gasteiger partial charge in [-0.2, -0.15) is 8.42 Å². The first-order chi connectivity index (χ1) is 16.3. The van der Waals surface area contributed by atoms with E-state index < -0.39 is 10.1 Å². The first kappa shape index (κ1) is 25.9. The molecule has 1 saturated heterocycles. The molecule has 0 radical (unpaired) electrons. The van der Waals surface area contributed by atoms with Crippen LogP contribution < -0.4 is 4.74 Å². The van der Waals surface area contributed by atoms with E-state index >= 15 is 0 Å². The number of β-amino-alcohol motifs (C(OH)–C–C–N with tert-alkyl or cyclic N) is 1. The fourth-order valence-corrected chi connectivity index (χ4v) is 3.64. The molecule has 1 aromatic heterocycles. The summed E-state index contributed by atoms with van der Waals surface area (Å²) in [6.45, 7) is 6.49. The van der Waals surface area contributed by atoms with Gasteiger partial charge in [-0.25, -0.2) is 4.68 Å². The van der Waals surface area contributed by atoms with Gasteiger partial charge in [0.1, 0.15) is 6.61 Å². The number of nitrogens with zero attached hydrogens (tertiary/aromatic N) is 4. The highest BCUT2D eigenvalue weighted by Crippen LogP contribution is 2.30. The van der Waals surface area contributed by atoms with Gasteiger partial charge in [0, 0.05) is 45.5 Å². The summed E-state index contributed by atoms with van der Waals surface area (Å²) in [4.78, 5) is 4.71. The third-order valence-electron chi connectivity index (χ3n) is 5.31. The largest absolute Gasteiger partial charge is 0.475 e. The van der Waals surface area contributed by atoms with Gasteiger partial charge in [-0.15, -0.1) is 5.10 Å². The number of rotatable bonds is 8. The van der Waals surface area contributed by atoms with E-state index in [0.29, 0.717) is 18.7 Å². The molecule has 0 atom stereocenters. The van der Waals surface area contributed by atoms with E-state index in [1.807, 2.05) is 59.4 Å². The molecule has 2 N–H and O–H groups in total. The zero-order valence-corrected chi connectivity index (χ0v) is 20.1. The molecular weight excluding hydrogens is 456 g/mol. The molecule has 0 amide bonds. The SMILES string of the molecule is CS(=O)(=O)O.OCCN1CCN(CCOc2nn(-c3ccccc3)cc2-c2ccccc2)CC1. The first-order valence-electron chi connectivity index (χ1n) is 11.1. The van der Waals surface area contributed by atoms with Crippen molar-refractivity contribution in [2.24, 2.45) is 0 Å². The Balaban J connectivity index is 0.000000588. The minimum atomic E-state index is -3.67. The fourth-order valence-electron chi connectivity index (χ4n) is 3.64. The monoisotopic (exact) mass is 488 g/mol. The summed E-state index contributed by atoms with van der Waals surface area (Å²) < 4.78 is 33.9. The minimum Gasteiger partial charge on any atom is -0.475 e. The Bertz CT molecular complexity index is 1090. The van der Waals surface area contributed by atoms with Crippen molar-refractivity contribution in [3.8, 4) is 22.7 Å². The molecule has 1 aliphatic rings. The smallest absolute Gasteiger partial charge is 0.261 e. The number of ether oxygens (including phenoxy) is 1. The number of piperazine rings is 1. The Kier molecular flexibility index (Phi) is 9.61. The van der Waals surface area contributed by atoms with Crippen LogP contribution in [0.4, 0.5) is 0 Å². The molecule has 0 unspecified atom stereocenters. The van der Waals surface area contributed by atoms with E-state index in [9.17, 15) is 8.42 Å². The van der Waals surface area contributed by atoms with Crippen molar-refractivity contribution in [1.82, 2.24) is 19.6 Å². The van der Waals surface area contributed by atoms with Crippen LogP contribution in [0.1, 0.15) is 0 Å². The van der Waals surface area contributed by atoms with Crippen molar-refractivity contribution in [3.05, 3.63) is 66.9 Å². The van der Waals surface area contributed by atoms with Crippen molar-refractivity contribution in [1.29, 1.82) is 0 Å². The van der Waals surface area contributed by atoms with Crippen LogP contribution in [0.5, 0.6) is 5.88 Å². The molecule has 2 aromatic carbocycles. The van der Waals surface area contributed by atoms with Crippen LogP contribution in [0.2, 0.25) is 0 Å². The van der Waals surface area contributed by atoms with E-state index in [2.05, 4.69) is 21.9 Å². The lowest BCUT2D eigenvalue weighted by atomic mass is 10.1. The minimum absolute atomic E-state index is 0.232. The van der Waals surface area contributed by atoms with Crippen LogP contribution in [0.25, 0.3) is 16.8 Å². The number of para-hydroxylation sites is 1. The molecule has 0 spiro atoms. The second kappa shape index (κ2) is 12.6. The summed E-state index contributed by atoms with van der Waals surface area (Å²) in [7, 11) is -3.67. The summed E-state index contributed by atoms with van der Waals surface area (Å²) in [6, 6.07) is 20.3. The lowest BCUT2D eigenvalue weighted by molar-refractivity contribution is 0.101. The maximum absolute atomic E-state index is 9.19. The van der Waals surface area contributed by atoms with Gasteiger partial charge in [-0.1, -0.05) is 48.5 Å². The van der Waals surface area contributed by atoms with Crippen molar-refractivity contribution in [2.45, 2.75) is 0 Å². The Hall–Kier alpha value is -2.76. The summed E-state index contributed by atoms with van der Waals surface area (Å²) in [5.41, 5.74) is 3.11. The predicted molar refractivity (Wildman–Crippen MR) is 132 cm³/mol. The van der Waals surface area contributed by atoms with Crippen molar-refractivity contribution < 1.29 is 22.8 Å². The van der Waals surface area contributed by atoms with E-state index in [0.717, 1.165) is 56.1 Å². The third-order valence-corrected chi connectivity index (χ3v) is 5.31. The van der Waals surface area contributed by atoms with Crippen molar-refractivity contribution in [2.75, 3.05) is 58.7 Å². The Morgan fingerprint density at radius 1 is 0.912 bits per heavy atom. The number of aliphatic hydroxyl groups excluding tert-OH is 1. The zero-order valence-electron chi connectivity index (χ0n) is 19.3. The summed E-state index contributed by atoms with van der Waals surface area (Å²) in [5.74, 6) is 0.666. The van der Waals surface area contributed by atoms with Gasteiger partial charge in [0.05, 0.1) is 24.1 Å². The highest BCUT2D eigenvalue weighted by molar-refractivity contribution is 7.85. The molecule has 10 heteroatoms. The van der Waals surface area contributed by atoms with Crippen molar-refractivity contribution >= 4 is 10.1 Å². The molecule has 184 valence electrons. The average molecular weight is 489 g/mol. The summed E-state index contributed by atoms with van der Waals surface area (Å²) in [6.07, 6.45) is 2.75. The van der Waals surface area contributed by atoms with Crippen LogP contribution >= 0.6 is 0 Å². The summed E-state index contributed by atoms with van der Waals surface area (Å²) in [5, 5.41) is 13.8. The van der Waals surface area contributed by atoms with Gasteiger partial charge in [0.2, 0.25) is 5.88 Å². The van der Waals surface area contributed by atoms with Crippen LogP contribution in [-0.4, -0.2) is 96.4 Å². The molecule has 3 aromatic rings. The summed E-state index contributed by atoms with van der Waals surface area (Å²) >= 11 is 0. The molecule has 1 fully saturated rings. The maximum atomic E-state index is 9.19. The fraction of sp³-hybridized carbons (Fsp3) is 0.375. The topological polar surface area (TPSA) is 108 Å². The second-order valence-corrected chi connectivity index (χ2v) is 9.45. The quantitative estimate of drug-likeness (QED) is 0.464. The van der Waals surface area contributed by atoms with Crippen LogP contribution in [0, 0.1) is 0 Å². The van der Waals surface area contributed by atoms with Gasteiger partial charge in [0.15, 0.2) is 0 Å². The second-order valence-electron chi connectivity index (χ2n) is 7.98. The van der Waals surface area contributed by atoms with Crippen molar-refractivity contribution in [3.63, 3.8) is 0 Å². The highest BCUT2D eigenvalue weighted by Gasteiger charge is 2.17. The van der Waals surface area contributed by atoms with Crippen LogP contribution in [0.3, 0.4) is 0 Å². The number of hydrogen-bond acceptors (Lipinski definition) is 7. The van der Waals surface area contributed by atoms with Gasteiger partial charge in [0.25, 0.3) is 10.1 Å². The molecule has 9 nitrogen and oxygen atoms in total. The normalized spacial score (nSPS) is 14.9. The maximum Gasteiger partial charge on any atom is 0.261 e. The van der Waals surface area contributed by atoms with E-state index in [1.165, 1.54) is 0 Å². The standard InChI is InChI=1S/C23H28N4O2.CH4O3S/c28-17-15-25-11-13-26(14-12-25)16-18-29-23-22(20-7-3-1-4-8-20)19-27(24-23)21-9-5-2-6-10-21;1-5(2,3)4/h1-10,19,28H,11-18H2;1H3,(H,2,3,4). The van der Waals surface area contributed by atoms with Gasteiger partial charge in [-0.3, -0.25) is 14.4 Å². The molecule has 0 saturated carbocycles. The Morgan fingerprint density at radius 2 is 1.44 bits per heavy atom. The number of aromatic nitrogens is 2. The Morgan fingerprint density at radius 3 is 2.00 bits per heavy atom. The lowest BCUT2D eigenvalue weighted by Gasteiger charge is -2.34. The van der Waals surface area contributed by atoms with E-state index in [-0.39, 0.29) is 6.61 Å². The molecule has 1 aliphatic heterocycles. The van der Waals surface area contributed by atoms with Crippen LogP contribution in [-0.2, 0) is 10.1 Å². The van der Waals surface area contributed by atoms with Gasteiger partial charge >= 0.3 is 0 Å². The third kappa shape index (κ3) is 8.54. The molecule has 0 aliphatic carbocycles.